The van der Waals surface area contributed by atoms with E-state index in [9.17, 15) is 9.18 Å². The number of carbonyl (C=O) groups is 1. The highest BCUT2D eigenvalue weighted by atomic mass is 35.5. The Morgan fingerprint density at radius 1 is 1.19 bits per heavy atom. The van der Waals surface area contributed by atoms with Crippen LogP contribution >= 0.6 is 23.4 Å². The van der Waals surface area contributed by atoms with Crippen LogP contribution in [-0.2, 0) is 5.75 Å². The highest BCUT2D eigenvalue weighted by Gasteiger charge is 2.33. The van der Waals surface area contributed by atoms with Crippen LogP contribution in [0.15, 0.2) is 58.1 Å². The Hall–Kier alpha value is -2.11. The Balaban J connectivity index is 1.68. The first-order valence-corrected chi connectivity index (χ1v) is 9.65. The molecule has 0 spiro atoms. The molecule has 0 saturated heterocycles. The molecule has 0 N–H and O–H groups in total. The average Bonchev–Trinajstić information content (AvgIpc) is 3.39. The minimum absolute atomic E-state index is 0.0120. The first-order chi connectivity index (χ1) is 12.6. The quantitative estimate of drug-likeness (QED) is 0.392. The van der Waals surface area contributed by atoms with Crippen LogP contribution < -0.4 is 0 Å². The molecule has 1 fully saturated rings. The standard InChI is InChI=1S/C20H15ClFNO2S/c21-17-9-8-14(19(24)15-10-23-25-20(15)12-6-7-12)16(18(17)22)11-26-13-4-2-1-3-5-13/h1-5,8-10,12H,6-7,11H2. The van der Waals surface area contributed by atoms with Gasteiger partial charge in [-0.25, -0.2) is 4.39 Å². The molecule has 26 heavy (non-hydrogen) atoms. The normalized spacial score (nSPS) is 13.8. The Morgan fingerprint density at radius 3 is 2.69 bits per heavy atom. The monoisotopic (exact) mass is 387 g/mol. The lowest BCUT2D eigenvalue weighted by molar-refractivity contribution is 0.103. The van der Waals surface area contributed by atoms with E-state index >= 15 is 0 Å². The number of rotatable bonds is 6. The number of thioether (sulfide) groups is 1. The number of aromatic nitrogens is 1. The van der Waals surface area contributed by atoms with Gasteiger partial charge in [0.05, 0.1) is 16.8 Å². The molecule has 1 aliphatic rings. The van der Waals surface area contributed by atoms with Gasteiger partial charge in [0.2, 0.25) is 0 Å². The van der Waals surface area contributed by atoms with Crippen LogP contribution in [0.4, 0.5) is 4.39 Å². The maximum absolute atomic E-state index is 14.7. The fourth-order valence-electron chi connectivity index (χ4n) is 2.82. The van der Waals surface area contributed by atoms with Crippen molar-refractivity contribution in [2.24, 2.45) is 0 Å². The zero-order valence-corrected chi connectivity index (χ0v) is 15.3. The Kier molecular flexibility index (Phi) is 4.83. The van der Waals surface area contributed by atoms with Gasteiger partial charge < -0.3 is 4.52 Å². The van der Waals surface area contributed by atoms with Gasteiger partial charge in [-0.3, -0.25) is 4.79 Å². The van der Waals surface area contributed by atoms with E-state index in [0.717, 1.165) is 17.7 Å². The van der Waals surface area contributed by atoms with E-state index < -0.39 is 5.82 Å². The molecule has 0 bridgehead atoms. The molecule has 3 nitrogen and oxygen atoms in total. The zero-order valence-electron chi connectivity index (χ0n) is 13.7. The van der Waals surface area contributed by atoms with Crippen molar-refractivity contribution < 1.29 is 13.7 Å². The zero-order chi connectivity index (χ0) is 18.1. The Bertz CT molecular complexity index is 954. The third-order valence-corrected chi connectivity index (χ3v) is 5.69. The van der Waals surface area contributed by atoms with E-state index in [2.05, 4.69) is 5.16 Å². The summed E-state index contributed by atoms with van der Waals surface area (Å²) in [5, 5.41) is 3.78. The number of ketones is 1. The second-order valence-electron chi connectivity index (χ2n) is 6.20. The topological polar surface area (TPSA) is 43.1 Å². The summed E-state index contributed by atoms with van der Waals surface area (Å²) in [6.45, 7) is 0. The third kappa shape index (κ3) is 3.41. The van der Waals surface area contributed by atoms with Crippen molar-refractivity contribution in [3.05, 3.63) is 82.0 Å². The molecule has 0 radical (unpaired) electrons. The summed E-state index contributed by atoms with van der Waals surface area (Å²) in [6.07, 6.45) is 3.40. The summed E-state index contributed by atoms with van der Waals surface area (Å²) < 4.78 is 20.0. The first kappa shape index (κ1) is 17.3. The van der Waals surface area contributed by atoms with E-state index in [0.29, 0.717) is 28.2 Å². The maximum Gasteiger partial charge on any atom is 0.198 e. The molecule has 2 aromatic carbocycles. The lowest BCUT2D eigenvalue weighted by Gasteiger charge is -2.11. The number of benzene rings is 2. The lowest BCUT2D eigenvalue weighted by atomic mass is 9.98. The molecule has 0 unspecified atom stereocenters. The first-order valence-electron chi connectivity index (χ1n) is 8.29. The van der Waals surface area contributed by atoms with Gasteiger partial charge in [0.15, 0.2) is 11.5 Å². The van der Waals surface area contributed by atoms with Gasteiger partial charge >= 0.3 is 0 Å². The summed E-state index contributed by atoms with van der Waals surface area (Å²) in [5.41, 5.74) is 1.03. The van der Waals surface area contributed by atoms with Gasteiger partial charge in [-0.1, -0.05) is 35.0 Å². The van der Waals surface area contributed by atoms with Gasteiger partial charge in [0.25, 0.3) is 0 Å². The fraction of sp³-hybridized carbons (Fsp3) is 0.200. The summed E-state index contributed by atoms with van der Waals surface area (Å²) in [7, 11) is 0. The van der Waals surface area contributed by atoms with Crippen molar-refractivity contribution in [3.8, 4) is 0 Å². The maximum atomic E-state index is 14.7. The summed E-state index contributed by atoms with van der Waals surface area (Å²) >= 11 is 7.42. The third-order valence-electron chi connectivity index (χ3n) is 4.36. The molecule has 1 saturated carbocycles. The molecule has 3 aromatic rings. The van der Waals surface area contributed by atoms with E-state index in [1.165, 1.54) is 24.0 Å². The number of halogens is 2. The molecule has 0 atom stereocenters. The van der Waals surface area contributed by atoms with Crippen LogP contribution in [0.25, 0.3) is 0 Å². The van der Waals surface area contributed by atoms with Crippen LogP contribution in [0.1, 0.15) is 46.0 Å². The van der Waals surface area contributed by atoms with E-state index in [1.54, 1.807) is 6.07 Å². The largest absolute Gasteiger partial charge is 0.360 e. The van der Waals surface area contributed by atoms with Crippen LogP contribution in [0.2, 0.25) is 5.02 Å². The van der Waals surface area contributed by atoms with E-state index in [1.807, 2.05) is 30.3 Å². The average molecular weight is 388 g/mol. The van der Waals surface area contributed by atoms with Crippen molar-refractivity contribution in [2.45, 2.75) is 29.4 Å². The molecule has 0 aliphatic heterocycles. The van der Waals surface area contributed by atoms with Crippen LogP contribution in [0.5, 0.6) is 0 Å². The predicted octanol–water partition coefficient (Wildman–Crippen LogP) is 5.87. The summed E-state index contributed by atoms with van der Waals surface area (Å²) in [6, 6.07) is 12.6. The second kappa shape index (κ2) is 7.25. The highest BCUT2D eigenvalue weighted by Crippen LogP contribution is 2.42. The van der Waals surface area contributed by atoms with Crippen molar-refractivity contribution in [3.63, 3.8) is 0 Å². The van der Waals surface area contributed by atoms with E-state index in [4.69, 9.17) is 16.1 Å². The van der Waals surface area contributed by atoms with Gasteiger partial charge in [0.1, 0.15) is 5.82 Å². The highest BCUT2D eigenvalue weighted by molar-refractivity contribution is 7.98. The van der Waals surface area contributed by atoms with Crippen LogP contribution in [-0.4, -0.2) is 10.9 Å². The smallest absolute Gasteiger partial charge is 0.198 e. The summed E-state index contributed by atoms with van der Waals surface area (Å²) in [4.78, 5) is 14.0. The number of carbonyl (C=O) groups excluding carboxylic acids is 1. The van der Waals surface area contributed by atoms with Crippen molar-refractivity contribution >= 4 is 29.1 Å². The molecular weight excluding hydrogens is 373 g/mol. The van der Waals surface area contributed by atoms with Gasteiger partial charge in [0, 0.05) is 27.7 Å². The van der Waals surface area contributed by atoms with Crippen molar-refractivity contribution in [2.75, 3.05) is 0 Å². The molecule has 1 aromatic heterocycles. The molecule has 0 amide bonds. The molecule has 132 valence electrons. The SMILES string of the molecule is O=C(c1cnoc1C1CC1)c1ccc(Cl)c(F)c1CSc1ccccc1. The molecule has 4 rings (SSSR count). The van der Waals surface area contributed by atoms with Gasteiger partial charge in [-0.05, 0) is 37.1 Å². The number of nitrogens with zero attached hydrogens (tertiary/aromatic N) is 1. The van der Waals surface area contributed by atoms with Gasteiger partial charge in [-0.15, -0.1) is 11.8 Å². The van der Waals surface area contributed by atoms with Crippen LogP contribution in [0, 0.1) is 5.82 Å². The molecule has 1 heterocycles. The number of hydrogen-bond donors (Lipinski definition) is 0. The van der Waals surface area contributed by atoms with Crippen molar-refractivity contribution in [1.29, 1.82) is 0 Å². The van der Waals surface area contributed by atoms with Crippen molar-refractivity contribution in [1.82, 2.24) is 5.16 Å². The molecule has 1 aliphatic carbocycles. The lowest BCUT2D eigenvalue weighted by Crippen LogP contribution is -2.08. The predicted molar refractivity (Wildman–Crippen MR) is 99.3 cm³/mol. The number of hydrogen-bond acceptors (Lipinski definition) is 4. The second-order valence-corrected chi connectivity index (χ2v) is 7.65. The van der Waals surface area contributed by atoms with Gasteiger partial charge in [-0.2, -0.15) is 0 Å². The Morgan fingerprint density at radius 2 is 1.96 bits per heavy atom. The molecular formula is C20H15ClFNO2S. The van der Waals surface area contributed by atoms with Crippen LogP contribution in [0.3, 0.4) is 0 Å². The van der Waals surface area contributed by atoms with E-state index in [-0.39, 0.29) is 16.7 Å². The molecule has 6 heteroatoms. The minimum atomic E-state index is -0.551. The summed E-state index contributed by atoms with van der Waals surface area (Å²) in [5.74, 6) is 0.335. The fourth-order valence-corrected chi connectivity index (χ4v) is 3.94. The minimum Gasteiger partial charge on any atom is -0.360 e. The Labute approximate surface area is 159 Å².